The highest BCUT2D eigenvalue weighted by atomic mass is 15.1. The van der Waals surface area contributed by atoms with Crippen molar-refractivity contribution in [2.24, 2.45) is 14.1 Å². The monoisotopic (exact) mass is 628 g/mol. The number of benzene rings is 4. The lowest BCUT2D eigenvalue weighted by molar-refractivity contribution is 0.882. The number of nitrogens with zero attached hydrogens (tertiary/aromatic N) is 8. The van der Waals surface area contributed by atoms with Gasteiger partial charge < -0.3 is 18.9 Å². The molecule has 0 saturated carbocycles. The van der Waals surface area contributed by atoms with Crippen LogP contribution < -0.4 is 9.80 Å². The summed E-state index contributed by atoms with van der Waals surface area (Å²) in [5.74, 6) is 1.45. The van der Waals surface area contributed by atoms with Crippen molar-refractivity contribution in [3.8, 4) is 57.2 Å². The van der Waals surface area contributed by atoms with Gasteiger partial charge in [0.2, 0.25) is 0 Å². The van der Waals surface area contributed by atoms with E-state index in [-0.39, 0.29) is 11.4 Å². The summed E-state index contributed by atoms with van der Waals surface area (Å²) in [5.41, 5.74) is 11.1. The van der Waals surface area contributed by atoms with Crippen molar-refractivity contribution in [3.05, 3.63) is 120 Å². The number of aromatic nitrogens is 4. The normalized spacial score (nSPS) is 11.0. The molecule has 0 fully saturated rings. The highest BCUT2D eigenvalue weighted by molar-refractivity contribution is 5.83. The van der Waals surface area contributed by atoms with E-state index in [1.165, 1.54) is 0 Å². The Morgan fingerprint density at radius 2 is 1.06 bits per heavy atom. The van der Waals surface area contributed by atoms with Gasteiger partial charge in [0.05, 0.1) is 11.4 Å². The van der Waals surface area contributed by atoms with Crippen LogP contribution in [0.3, 0.4) is 0 Å². The Bertz CT molecular complexity index is 2180. The molecular weight excluding hydrogens is 592 g/mol. The predicted molar refractivity (Wildman–Crippen MR) is 195 cm³/mol. The summed E-state index contributed by atoms with van der Waals surface area (Å²) in [6.45, 7) is 0. The summed E-state index contributed by atoms with van der Waals surface area (Å²) in [5, 5.41) is 18.6. The molecule has 0 unspecified atom stereocenters. The molecule has 236 valence electrons. The molecule has 48 heavy (non-hydrogen) atoms. The minimum atomic E-state index is 0.133. The Balaban J connectivity index is 1.30. The lowest BCUT2D eigenvalue weighted by Gasteiger charge is -2.14. The van der Waals surface area contributed by atoms with Crippen LogP contribution in [0.2, 0.25) is 0 Å². The predicted octanol–water partition coefficient (Wildman–Crippen LogP) is 7.87. The van der Waals surface area contributed by atoms with Crippen molar-refractivity contribution in [2.75, 3.05) is 38.0 Å². The second-order valence-corrected chi connectivity index (χ2v) is 12.1. The molecule has 6 aromatic rings. The molecule has 0 atom stereocenters. The van der Waals surface area contributed by atoms with E-state index in [4.69, 9.17) is 4.98 Å². The first-order valence-corrected chi connectivity index (χ1v) is 15.6. The van der Waals surface area contributed by atoms with Crippen molar-refractivity contribution in [2.45, 2.75) is 0 Å². The number of hydrogen-bond acceptors (Lipinski definition) is 6. The third-order valence-electron chi connectivity index (χ3n) is 8.56. The Hall–Kier alpha value is -6.38. The van der Waals surface area contributed by atoms with Crippen molar-refractivity contribution in [1.82, 2.24) is 19.1 Å². The number of rotatable bonds is 8. The maximum Gasteiger partial charge on any atom is 0.177 e. The van der Waals surface area contributed by atoms with E-state index in [0.29, 0.717) is 5.82 Å². The molecule has 2 heterocycles. The molecule has 0 aliphatic rings. The first-order valence-electron chi connectivity index (χ1n) is 15.6. The van der Waals surface area contributed by atoms with E-state index in [9.17, 15) is 10.5 Å². The molecule has 0 N–H and O–H groups in total. The zero-order valence-electron chi connectivity index (χ0n) is 28.0. The first kappa shape index (κ1) is 31.6. The van der Waals surface area contributed by atoms with Crippen LogP contribution >= 0.6 is 0 Å². The molecule has 6 rings (SSSR count). The summed E-state index contributed by atoms with van der Waals surface area (Å²) in [7, 11) is 12.0. The van der Waals surface area contributed by atoms with Gasteiger partial charge in [0.25, 0.3) is 0 Å². The summed E-state index contributed by atoms with van der Waals surface area (Å²) in [4.78, 5) is 13.7. The fourth-order valence-corrected chi connectivity index (χ4v) is 5.76. The third kappa shape index (κ3) is 6.08. The Morgan fingerprint density at radius 1 is 0.562 bits per heavy atom. The van der Waals surface area contributed by atoms with Crippen molar-refractivity contribution in [3.63, 3.8) is 0 Å². The zero-order valence-corrected chi connectivity index (χ0v) is 28.0. The molecule has 0 amide bonds. The minimum absolute atomic E-state index is 0.133. The molecule has 2 aromatic heterocycles. The molecule has 0 aliphatic heterocycles. The summed E-state index contributed by atoms with van der Waals surface area (Å²) >= 11 is 0. The van der Waals surface area contributed by atoms with Gasteiger partial charge in [0.1, 0.15) is 23.8 Å². The highest BCUT2D eigenvalue weighted by Gasteiger charge is 2.20. The van der Waals surface area contributed by atoms with Gasteiger partial charge in [0.15, 0.2) is 11.4 Å². The van der Waals surface area contributed by atoms with Crippen LogP contribution in [0.1, 0.15) is 22.8 Å². The fraction of sp³-hybridized carbons (Fsp3) is 0.150. The Kier molecular flexibility index (Phi) is 8.66. The second-order valence-electron chi connectivity index (χ2n) is 12.1. The molecule has 8 heteroatoms. The summed E-state index contributed by atoms with van der Waals surface area (Å²) in [6.07, 6.45) is 3.74. The van der Waals surface area contributed by atoms with E-state index in [0.717, 1.165) is 62.0 Å². The van der Waals surface area contributed by atoms with Crippen LogP contribution in [0.15, 0.2) is 97.1 Å². The smallest absolute Gasteiger partial charge is 0.177 e. The fourth-order valence-electron chi connectivity index (χ4n) is 5.76. The van der Waals surface area contributed by atoms with Crippen LogP contribution in [-0.4, -0.2) is 47.3 Å². The molecule has 0 saturated heterocycles. The topological polar surface area (TPSA) is 89.7 Å². The standard InChI is InChI=1S/C40H36N8/c1-45(2)33-20-16-30(17-21-33)38-39(31-18-22-34(23-19-31)46(3)4)48(6)40(44-38)32-14-12-29(13-15-32)28-10-7-27(8-11-28)9-24-37-43-35(25-41)36(26-42)47(37)5/h7-24H,1-6H3/b24-9+. The van der Waals surface area contributed by atoms with E-state index in [1.54, 1.807) is 11.6 Å². The van der Waals surface area contributed by atoms with Crippen LogP contribution in [0.5, 0.6) is 0 Å². The molecule has 0 spiro atoms. The molecular formula is C40H36N8. The van der Waals surface area contributed by atoms with E-state index < -0.39 is 0 Å². The SMILES string of the molecule is CN(C)c1ccc(-c2nc(-c3ccc(-c4ccc(/C=C/c5nc(C#N)c(C#N)n5C)cc4)cc3)n(C)c2-c2ccc(N(C)C)cc2)cc1. The minimum Gasteiger partial charge on any atom is -0.378 e. The number of imidazole rings is 2. The average Bonchev–Trinajstić information content (AvgIpc) is 3.62. The van der Waals surface area contributed by atoms with Crippen LogP contribution in [0, 0.1) is 22.7 Å². The van der Waals surface area contributed by atoms with Gasteiger partial charge >= 0.3 is 0 Å². The maximum absolute atomic E-state index is 9.32. The zero-order chi connectivity index (χ0) is 33.9. The number of hydrogen-bond donors (Lipinski definition) is 0. The van der Waals surface area contributed by atoms with Crippen molar-refractivity contribution < 1.29 is 0 Å². The van der Waals surface area contributed by atoms with Gasteiger partial charge in [-0.1, -0.05) is 78.9 Å². The lowest BCUT2D eigenvalue weighted by Crippen LogP contribution is -2.08. The average molecular weight is 629 g/mol. The first-order chi connectivity index (χ1) is 23.2. The molecule has 0 bridgehead atoms. The van der Waals surface area contributed by atoms with Crippen LogP contribution in [0.25, 0.3) is 57.2 Å². The van der Waals surface area contributed by atoms with E-state index in [1.807, 2.05) is 64.6 Å². The van der Waals surface area contributed by atoms with Gasteiger partial charge in [0, 0.05) is 70.4 Å². The summed E-state index contributed by atoms with van der Waals surface area (Å²) < 4.78 is 3.82. The van der Waals surface area contributed by atoms with Gasteiger partial charge in [-0.15, -0.1) is 0 Å². The van der Waals surface area contributed by atoms with Crippen LogP contribution in [-0.2, 0) is 14.1 Å². The Morgan fingerprint density at radius 3 is 1.56 bits per heavy atom. The van der Waals surface area contributed by atoms with Gasteiger partial charge in [-0.3, -0.25) is 0 Å². The van der Waals surface area contributed by atoms with E-state index >= 15 is 0 Å². The largest absolute Gasteiger partial charge is 0.378 e. The van der Waals surface area contributed by atoms with Crippen molar-refractivity contribution in [1.29, 1.82) is 10.5 Å². The summed E-state index contributed by atoms with van der Waals surface area (Å²) in [6, 6.07) is 38.0. The number of anilines is 2. The second kappa shape index (κ2) is 13.2. The molecule has 4 aromatic carbocycles. The number of nitriles is 2. The van der Waals surface area contributed by atoms with Crippen molar-refractivity contribution >= 4 is 23.5 Å². The lowest BCUT2D eigenvalue weighted by atomic mass is 10.0. The highest BCUT2D eigenvalue weighted by Crippen LogP contribution is 2.37. The van der Waals surface area contributed by atoms with Gasteiger partial charge in [-0.05, 0) is 47.0 Å². The van der Waals surface area contributed by atoms with Gasteiger partial charge in [-0.2, -0.15) is 10.5 Å². The van der Waals surface area contributed by atoms with Crippen LogP contribution in [0.4, 0.5) is 11.4 Å². The molecule has 8 nitrogen and oxygen atoms in total. The Labute approximate surface area is 281 Å². The van der Waals surface area contributed by atoms with E-state index in [2.05, 4.69) is 111 Å². The maximum atomic E-state index is 9.32. The molecule has 0 aliphatic carbocycles. The quantitative estimate of drug-likeness (QED) is 0.170. The van der Waals surface area contributed by atoms with Gasteiger partial charge in [-0.25, -0.2) is 9.97 Å². The molecule has 0 radical (unpaired) electrons. The third-order valence-corrected chi connectivity index (χ3v) is 8.56.